The summed E-state index contributed by atoms with van der Waals surface area (Å²) < 4.78 is 5.84. The average molecular weight is 290 g/mol. The number of ether oxygens (including phenoxy) is 1. The summed E-state index contributed by atoms with van der Waals surface area (Å²) in [5, 5.41) is 0. The van der Waals surface area contributed by atoms with E-state index >= 15 is 0 Å². The second-order valence-electron chi connectivity index (χ2n) is 3.42. The Morgan fingerprint density at radius 2 is 2.31 bits per heavy atom. The van der Waals surface area contributed by atoms with Crippen molar-refractivity contribution in [3.8, 4) is 0 Å². The zero-order valence-electron chi connectivity index (χ0n) is 9.57. The number of hydrogen-bond acceptors (Lipinski definition) is 6. The minimum Gasteiger partial charge on any atom is -0.383 e. The van der Waals surface area contributed by atoms with E-state index in [9.17, 15) is 0 Å². The molecule has 0 amide bonds. The van der Waals surface area contributed by atoms with Gasteiger partial charge in [-0.2, -0.15) is 0 Å². The number of nitrogens with zero attached hydrogens (tertiary/aromatic N) is 3. The highest BCUT2D eigenvalue weighted by Crippen LogP contribution is 2.28. The lowest BCUT2D eigenvalue weighted by atomic mass is 10.3. The van der Waals surface area contributed by atoms with E-state index in [0.29, 0.717) is 12.4 Å². The molecule has 1 heterocycles. The molecule has 0 aliphatic heterocycles. The van der Waals surface area contributed by atoms with Gasteiger partial charge in [0.05, 0.1) is 12.6 Å². The summed E-state index contributed by atoms with van der Waals surface area (Å²) >= 11 is 3.41. The molecular formula is C9H16BrN5O. The molecule has 1 aromatic rings. The normalized spacial score (nSPS) is 12.3. The van der Waals surface area contributed by atoms with Crippen LogP contribution in [0.3, 0.4) is 0 Å². The second kappa shape index (κ2) is 5.97. The molecule has 1 aromatic heterocycles. The van der Waals surface area contributed by atoms with Crippen molar-refractivity contribution in [2.45, 2.75) is 13.0 Å². The number of aromatic nitrogens is 2. The highest BCUT2D eigenvalue weighted by molar-refractivity contribution is 9.10. The Bertz CT molecular complexity index is 349. The first-order valence-electron chi connectivity index (χ1n) is 4.80. The van der Waals surface area contributed by atoms with Gasteiger partial charge in [0.25, 0.3) is 0 Å². The number of anilines is 2. The largest absolute Gasteiger partial charge is 0.383 e. The molecule has 0 aliphatic carbocycles. The number of halogens is 1. The summed E-state index contributed by atoms with van der Waals surface area (Å²) in [5.41, 5.74) is 2.51. The molecule has 0 saturated carbocycles. The molecule has 1 atom stereocenters. The van der Waals surface area contributed by atoms with E-state index in [1.165, 1.54) is 6.33 Å². The Hall–Kier alpha value is -0.920. The van der Waals surface area contributed by atoms with Crippen molar-refractivity contribution in [3.63, 3.8) is 0 Å². The minimum absolute atomic E-state index is 0.210. The Morgan fingerprint density at radius 3 is 2.88 bits per heavy atom. The molecule has 90 valence electrons. The van der Waals surface area contributed by atoms with E-state index in [-0.39, 0.29) is 6.04 Å². The van der Waals surface area contributed by atoms with E-state index < -0.39 is 0 Å². The van der Waals surface area contributed by atoms with E-state index in [1.807, 2.05) is 18.9 Å². The van der Waals surface area contributed by atoms with Crippen molar-refractivity contribution in [1.29, 1.82) is 0 Å². The first-order chi connectivity index (χ1) is 7.61. The van der Waals surface area contributed by atoms with E-state index in [2.05, 4.69) is 31.3 Å². The maximum atomic E-state index is 5.34. The predicted octanol–water partition coefficient (Wildman–Crippen LogP) is 0.996. The molecule has 0 aliphatic rings. The van der Waals surface area contributed by atoms with Gasteiger partial charge in [0, 0.05) is 14.2 Å². The van der Waals surface area contributed by atoms with Gasteiger partial charge < -0.3 is 15.1 Å². The number of rotatable bonds is 5. The average Bonchev–Trinajstić information content (AvgIpc) is 2.29. The fraction of sp³-hybridized carbons (Fsp3) is 0.556. The lowest BCUT2D eigenvalue weighted by Crippen LogP contribution is -2.33. The third-order valence-corrected chi connectivity index (χ3v) is 3.04. The van der Waals surface area contributed by atoms with Gasteiger partial charge in [-0.3, -0.25) is 0 Å². The molecule has 3 N–H and O–H groups in total. The maximum absolute atomic E-state index is 5.34. The molecule has 0 radical (unpaired) electrons. The first-order valence-corrected chi connectivity index (χ1v) is 5.60. The molecule has 0 aromatic carbocycles. The van der Waals surface area contributed by atoms with E-state index in [0.717, 1.165) is 10.3 Å². The molecule has 0 fully saturated rings. The summed E-state index contributed by atoms with van der Waals surface area (Å²) in [5.74, 6) is 6.67. The molecule has 7 heteroatoms. The van der Waals surface area contributed by atoms with Crippen molar-refractivity contribution < 1.29 is 4.74 Å². The van der Waals surface area contributed by atoms with Crippen molar-refractivity contribution in [3.05, 3.63) is 10.8 Å². The fourth-order valence-corrected chi connectivity index (χ4v) is 1.87. The number of nitrogens with one attached hydrogen (secondary N) is 1. The van der Waals surface area contributed by atoms with Gasteiger partial charge in [-0.05, 0) is 22.9 Å². The number of methoxy groups -OCH3 is 1. The van der Waals surface area contributed by atoms with Crippen LogP contribution in [0.4, 0.5) is 11.6 Å². The van der Waals surface area contributed by atoms with Crippen LogP contribution in [0, 0.1) is 0 Å². The van der Waals surface area contributed by atoms with Gasteiger partial charge >= 0.3 is 0 Å². The van der Waals surface area contributed by atoms with Crippen molar-refractivity contribution in [2.75, 3.05) is 31.1 Å². The Morgan fingerprint density at radius 1 is 1.62 bits per heavy atom. The van der Waals surface area contributed by atoms with Gasteiger partial charge in [0.2, 0.25) is 0 Å². The summed E-state index contributed by atoms with van der Waals surface area (Å²) in [6.45, 7) is 2.67. The molecule has 1 rings (SSSR count). The standard InChI is InChI=1S/C9H16BrN5O/c1-6(4-16-3)15(2)9-7(10)8(14-11)12-5-13-9/h5-6H,4,11H2,1-3H3,(H,12,13,14). The topological polar surface area (TPSA) is 76.3 Å². The number of nitrogens with two attached hydrogens (primary N) is 1. The van der Waals surface area contributed by atoms with Crippen LogP contribution in [0.1, 0.15) is 6.92 Å². The predicted molar refractivity (Wildman–Crippen MR) is 67.3 cm³/mol. The molecule has 0 saturated heterocycles. The molecular weight excluding hydrogens is 274 g/mol. The van der Waals surface area contributed by atoms with Crippen LogP contribution in [-0.2, 0) is 4.74 Å². The highest BCUT2D eigenvalue weighted by Gasteiger charge is 2.16. The number of likely N-dealkylation sites (N-methyl/N-ethyl adjacent to an activating group) is 1. The summed E-state index contributed by atoms with van der Waals surface area (Å²) in [4.78, 5) is 10.2. The third kappa shape index (κ3) is 2.81. The highest BCUT2D eigenvalue weighted by atomic mass is 79.9. The van der Waals surface area contributed by atoms with Gasteiger partial charge in [0.1, 0.15) is 16.6 Å². The zero-order chi connectivity index (χ0) is 12.1. The van der Waals surface area contributed by atoms with Crippen molar-refractivity contribution >= 4 is 27.6 Å². The van der Waals surface area contributed by atoms with Crippen LogP contribution >= 0.6 is 15.9 Å². The Balaban J connectivity index is 2.94. The molecule has 1 unspecified atom stereocenters. The van der Waals surface area contributed by atoms with Gasteiger partial charge in [-0.15, -0.1) is 0 Å². The molecule has 0 bridgehead atoms. The third-order valence-electron chi connectivity index (χ3n) is 2.31. The fourth-order valence-electron chi connectivity index (χ4n) is 1.27. The van der Waals surface area contributed by atoms with Crippen LogP contribution in [0.2, 0.25) is 0 Å². The maximum Gasteiger partial charge on any atom is 0.159 e. The molecule has 6 nitrogen and oxygen atoms in total. The molecule has 16 heavy (non-hydrogen) atoms. The van der Waals surface area contributed by atoms with Crippen LogP contribution in [0.5, 0.6) is 0 Å². The number of hydrazine groups is 1. The number of hydrogen-bond donors (Lipinski definition) is 2. The SMILES string of the molecule is COCC(C)N(C)c1ncnc(NN)c1Br. The first kappa shape index (κ1) is 13.1. The van der Waals surface area contributed by atoms with Gasteiger partial charge in [0.15, 0.2) is 5.82 Å². The van der Waals surface area contributed by atoms with Crippen LogP contribution in [0.15, 0.2) is 10.8 Å². The Labute approximate surface area is 103 Å². The smallest absolute Gasteiger partial charge is 0.159 e. The molecule has 0 spiro atoms. The Kier molecular flexibility index (Phi) is 4.91. The second-order valence-corrected chi connectivity index (χ2v) is 4.21. The van der Waals surface area contributed by atoms with Crippen molar-refractivity contribution in [2.24, 2.45) is 5.84 Å². The monoisotopic (exact) mass is 289 g/mol. The lowest BCUT2D eigenvalue weighted by molar-refractivity contribution is 0.183. The van der Waals surface area contributed by atoms with E-state index in [1.54, 1.807) is 7.11 Å². The van der Waals surface area contributed by atoms with Gasteiger partial charge in [-0.1, -0.05) is 0 Å². The van der Waals surface area contributed by atoms with Crippen LogP contribution in [0.25, 0.3) is 0 Å². The van der Waals surface area contributed by atoms with Crippen LogP contribution in [-0.4, -0.2) is 36.8 Å². The van der Waals surface area contributed by atoms with Gasteiger partial charge in [-0.25, -0.2) is 15.8 Å². The van der Waals surface area contributed by atoms with Crippen molar-refractivity contribution in [1.82, 2.24) is 9.97 Å². The van der Waals surface area contributed by atoms with Crippen LogP contribution < -0.4 is 16.2 Å². The quantitative estimate of drug-likeness (QED) is 0.622. The summed E-state index contributed by atoms with van der Waals surface area (Å²) in [7, 11) is 3.61. The zero-order valence-corrected chi connectivity index (χ0v) is 11.2. The van der Waals surface area contributed by atoms with E-state index in [4.69, 9.17) is 10.6 Å². The summed E-state index contributed by atoms with van der Waals surface area (Å²) in [6, 6.07) is 0.210. The minimum atomic E-state index is 0.210. The lowest BCUT2D eigenvalue weighted by Gasteiger charge is -2.26. The number of nitrogen functional groups attached to an aromatic ring is 1. The summed E-state index contributed by atoms with van der Waals surface area (Å²) in [6.07, 6.45) is 1.46.